The van der Waals surface area contributed by atoms with E-state index in [1.165, 1.54) is 19.2 Å². The average molecular weight is 546 g/mol. The molecule has 7 N–H and O–H groups in total. The van der Waals surface area contributed by atoms with Gasteiger partial charge < -0.3 is 22.0 Å². The number of hydroxylamine groups is 1. The van der Waals surface area contributed by atoms with Crippen molar-refractivity contribution in [1.82, 2.24) is 15.4 Å². The Morgan fingerprint density at radius 3 is 2.56 bits per heavy atom. The fourth-order valence-corrected chi connectivity index (χ4v) is 5.82. The maximum atomic E-state index is 15.2. The average Bonchev–Trinajstić information content (AvgIpc) is 2.78. The minimum absolute atomic E-state index is 0.0218. The van der Waals surface area contributed by atoms with Gasteiger partial charge in [-0.25, -0.2) is 23.1 Å². The van der Waals surface area contributed by atoms with Gasteiger partial charge in [0.05, 0.1) is 16.3 Å². The van der Waals surface area contributed by atoms with E-state index in [0.717, 1.165) is 17.8 Å². The standard InChI is InChI=1S/C22H27ClF3N7O2S/c1-11-7-12(23)8-29-15(11)17(34)31-14-6-5-13(24)16(30-14)20(4)22(33-35,9-21(25,26)10-27)36-19(2,3)18(28)32-20/h5-8,33,35H,9-10,27H2,1-4H3,(H2,28,32)(H,30,31,34)/t20-,22?/m1/s1. The highest BCUT2D eigenvalue weighted by Crippen LogP contribution is 2.56. The van der Waals surface area contributed by atoms with Gasteiger partial charge in [-0.1, -0.05) is 11.6 Å². The maximum absolute atomic E-state index is 15.2. The first-order valence-corrected chi connectivity index (χ1v) is 11.9. The molecule has 0 spiro atoms. The SMILES string of the molecule is Cc1cc(Cl)cnc1C(=O)Nc1ccc(F)c([C@@]2(C)N=C(N)C(C)(C)SC2(CC(F)(F)CN)NO)n1. The zero-order valence-electron chi connectivity index (χ0n) is 20.0. The van der Waals surface area contributed by atoms with Crippen LogP contribution in [0.1, 0.15) is 48.9 Å². The van der Waals surface area contributed by atoms with Crippen molar-refractivity contribution in [3.05, 3.63) is 52.2 Å². The molecule has 2 aromatic rings. The number of amidine groups is 1. The summed E-state index contributed by atoms with van der Waals surface area (Å²) < 4.78 is 43.5. The van der Waals surface area contributed by atoms with E-state index in [9.17, 15) is 18.8 Å². The fourth-order valence-electron chi connectivity index (χ4n) is 3.92. The van der Waals surface area contributed by atoms with Crippen LogP contribution in [0.4, 0.5) is 19.0 Å². The van der Waals surface area contributed by atoms with Crippen molar-refractivity contribution in [2.45, 2.75) is 55.2 Å². The third-order valence-corrected chi connectivity index (χ3v) is 7.88. The summed E-state index contributed by atoms with van der Waals surface area (Å²) in [6, 6.07) is 3.75. The first-order chi connectivity index (χ1) is 16.6. The van der Waals surface area contributed by atoms with E-state index in [1.54, 1.807) is 26.8 Å². The monoisotopic (exact) mass is 545 g/mol. The third kappa shape index (κ3) is 5.16. The molecule has 14 heteroatoms. The molecule has 0 radical (unpaired) electrons. The van der Waals surface area contributed by atoms with Gasteiger partial charge in [0.2, 0.25) is 0 Å². The lowest BCUT2D eigenvalue weighted by Crippen LogP contribution is -2.65. The second kappa shape index (κ2) is 9.78. The molecule has 1 aliphatic rings. The Labute approximate surface area is 215 Å². The highest BCUT2D eigenvalue weighted by Gasteiger charge is 2.61. The second-order valence-electron chi connectivity index (χ2n) is 9.16. The number of rotatable bonds is 7. The number of aryl methyl sites for hydroxylation is 1. The number of hydrogen-bond donors (Lipinski definition) is 5. The Morgan fingerprint density at radius 2 is 1.97 bits per heavy atom. The number of carbonyl (C=O) groups excluding carboxylic acids is 1. The largest absolute Gasteiger partial charge is 0.386 e. The van der Waals surface area contributed by atoms with Crippen molar-refractivity contribution < 1.29 is 23.2 Å². The smallest absolute Gasteiger partial charge is 0.275 e. The van der Waals surface area contributed by atoms with Crippen LogP contribution in [0.15, 0.2) is 29.4 Å². The predicted octanol–water partition coefficient (Wildman–Crippen LogP) is 3.59. The maximum Gasteiger partial charge on any atom is 0.275 e. The Balaban J connectivity index is 2.13. The van der Waals surface area contributed by atoms with E-state index >= 15 is 4.39 Å². The number of anilines is 1. The van der Waals surface area contributed by atoms with Crippen molar-refractivity contribution in [3.63, 3.8) is 0 Å². The van der Waals surface area contributed by atoms with Crippen LogP contribution in [-0.2, 0) is 5.54 Å². The molecule has 2 atom stereocenters. The van der Waals surface area contributed by atoms with Gasteiger partial charge in [0.15, 0.2) is 0 Å². The molecule has 0 aromatic carbocycles. The molecule has 0 bridgehead atoms. The van der Waals surface area contributed by atoms with E-state index < -0.39 is 51.5 Å². The van der Waals surface area contributed by atoms with Gasteiger partial charge in [-0.05, 0) is 51.5 Å². The first-order valence-electron chi connectivity index (χ1n) is 10.8. The van der Waals surface area contributed by atoms with Gasteiger partial charge in [-0.3, -0.25) is 9.79 Å². The molecular weight excluding hydrogens is 519 g/mol. The summed E-state index contributed by atoms with van der Waals surface area (Å²) in [5.41, 5.74) is 11.5. The minimum atomic E-state index is -3.46. The van der Waals surface area contributed by atoms with Gasteiger partial charge >= 0.3 is 0 Å². The number of alkyl halides is 2. The Morgan fingerprint density at radius 1 is 1.31 bits per heavy atom. The van der Waals surface area contributed by atoms with Gasteiger partial charge in [-0.15, -0.1) is 11.8 Å². The van der Waals surface area contributed by atoms with Crippen molar-refractivity contribution in [2.75, 3.05) is 11.9 Å². The summed E-state index contributed by atoms with van der Waals surface area (Å²) in [4.78, 5) is 23.4. The molecule has 1 aliphatic heterocycles. The molecule has 0 saturated carbocycles. The number of nitrogens with two attached hydrogens (primary N) is 2. The lowest BCUT2D eigenvalue weighted by atomic mass is 9.83. The normalized spacial score (nSPS) is 23.8. The number of hydrogen-bond acceptors (Lipinski definition) is 9. The summed E-state index contributed by atoms with van der Waals surface area (Å²) >= 11 is 6.74. The molecule has 3 rings (SSSR count). The fraction of sp³-hybridized carbons (Fsp3) is 0.455. The van der Waals surface area contributed by atoms with Crippen molar-refractivity contribution in [2.24, 2.45) is 16.5 Å². The molecule has 3 heterocycles. The lowest BCUT2D eigenvalue weighted by Gasteiger charge is -2.52. The van der Waals surface area contributed by atoms with E-state index in [1.807, 2.05) is 5.48 Å². The highest BCUT2D eigenvalue weighted by atomic mass is 35.5. The number of nitrogens with one attached hydrogen (secondary N) is 2. The van der Waals surface area contributed by atoms with E-state index in [4.69, 9.17) is 23.1 Å². The van der Waals surface area contributed by atoms with Crippen molar-refractivity contribution in [1.29, 1.82) is 0 Å². The molecule has 0 aliphatic carbocycles. The number of pyridine rings is 2. The van der Waals surface area contributed by atoms with Crippen LogP contribution in [0.25, 0.3) is 0 Å². The van der Waals surface area contributed by atoms with Crippen LogP contribution < -0.4 is 22.3 Å². The molecule has 2 aromatic heterocycles. The second-order valence-corrected chi connectivity index (χ2v) is 11.5. The number of aliphatic imine (C=N–C) groups is 1. The van der Waals surface area contributed by atoms with Crippen LogP contribution in [0, 0.1) is 12.7 Å². The molecular formula is C22H27ClF3N7O2S. The van der Waals surface area contributed by atoms with Gasteiger partial charge in [0.1, 0.15) is 39.3 Å². The number of amides is 1. The number of halogens is 4. The number of aromatic nitrogens is 2. The summed E-state index contributed by atoms with van der Waals surface area (Å²) in [5, 5.41) is 13.1. The van der Waals surface area contributed by atoms with Gasteiger partial charge in [0.25, 0.3) is 11.8 Å². The zero-order valence-corrected chi connectivity index (χ0v) is 21.6. The summed E-state index contributed by atoms with van der Waals surface area (Å²) in [6.07, 6.45) is 0.269. The van der Waals surface area contributed by atoms with Crippen LogP contribution >= 0.6 is 23.4 Å². The van der Waals surface area contributed by atoms with Gasteiger partial charge in [0, 0.05) is 12.6 Å². The third-order valence-electron chi connectivity index (χ3n) is 5.97. The quantitative estimate of drug-likeness (QED) is 0.331. The summed E-state index contributed by atoms with van der Waals surface area (Å²) in [5.74, 6) is -5.10. The Bertz CT molecular complexity index is 1220. The van der Waals surface area contributed by atoms with Crippen molar-refractivity contribution >= 4 is 40.9 Å². The number of thioether (sulfide) groups is 1. The van der Waals surface area contributed by atoms with Crippen LogP contribution in [-0.4, -0.2) is 49.0 Å². The zero-order chi connectivity index (χ0) is 27.1. The molecule has 9 nitrogen and oxygen atoms in total. The van der Waals surface area contributed by atoms with Gasteiger partial charge in [-0.2, -0.15) is 5.48 Å². The summed E-state index contributed by atoms with van der Waals surface area (Å²) in [7, 11) is 0. The Hall–Kier alpha value is -2.45. The molecule has 0 fully saturated rings. The molecule has 36 heavy (non-hydrogen) atoms. The van der Waals surface area contributed by atoms with Crippen LogP contribution in [0.3, 0.4) is 0 Å². The van der Waals surface area contributed by atoms with E-state index in [0.29, 0.717) is 10.6 Å². The van der Waals surface area contributed by atoms with Crippen LogP contribution in [0.5, 0.6) is 0 Å². The van der Waals surface area contributed by atoms with E-state index in [-0.39, 0.29) is 17.3 Å². The topological polar surface area (TPSA) is 152 Å². The minimum Gasteiger partial charge on any atom is -0.386 e. The number of nitrogens with zero attached hydrogens (tertiary/aromatic N) is 3. The molecule has 196 valence electrons. The molecule has 1 unspecified atom stereocenters. The summed E-state index contributed by atoms with van der Waals surface area (Å²) in [6.45, 7) is 5.19. The molecule has 1 amide bonds. The van der Waals surface area contributed by atoms with Crippen molar-refractivity contribution in [3.8, 4) is 0 Å². The molecule has 0 saturated heterocycles. The predicted molar refractivity (Wildman–Crippen MR) is 133 cm³/mol. The Kier molecular flexibility index (Phi) is 7.64. The highest BCUT2D eigenvalue weighted by molar-refractivity contribution is 8.02. The lowest BCUT2D eigenvalue weighted by molar-refractivity contribution is -0.0492. The number of carbonyl (C=O) groups is 1. The first kappa shape index (κ1) is 28.1. The van der Waals surface area contributed by atoms with E-state index in [2.05, 4.69) is 20.3 Å². The van der Waals surface area contributed by atoms with Crippen LogP contribution in [0.2, 0.25) is 5.02 Å².